The lowest BCUT2D eigenvalue weighted by Crippen LogP contribution is -2.19. The van der Waals surface area contributed by atoms with Crippen LogP contribution in [0.5, 0.6) is 11.5 Å². The molecule has 1 aromatic heterocycles. The number of rotatable bonds is 4. The Labute approximate surface area is 114 Å². The largest absolute Gasteiger partial charge is 0.573 e. The number of aromatic hydroxyl groups is 1. The average Bonchev–Trinajstić information content (AvgIpc) is 2.32. The van der Waals surface area contributed by atoms with Crippen molar-refractivity contribution in [1.29, 1.82) is 0 Å². The Morgan fingerprint density at radius 2 is 2.16 bits per heavy atom. The monoisotopic (exact) mass is 343 g/mol. The molecule has 0 unspecified atom stereocenters. The highest BCUT2D eigenvalue weighted by Gasteiger charge is 2.34. The fourth-order valence-electron chi connectivity index (χ4n) is 1.22. The molecule has 19 heavy (non-hydrogen) atoms. The number of aromatic nitrogens is 1. The summed E-state index contributed by atoms with van der Waals surface area (Å²) in [7, 11) is 1.11. The van der Waals surface area contributed by atoms with Crippen LogP contribution >= 0.6 is 15.9 Å². The Morgan fingerprint density at radius 1 is 1.53 bits per heavy atom. The number of alkyl halides is 4. The molecule has 0 spiro atoms. The number of esters is 1. The maximum atomic E-state index is 12.2. The van der Waals surface area contributed by atoms with Gasteiger partial charge in [0, 0.05) is 17.1 Å². The zero-order valence-corrected chi connectivity index (χ0v) is 11.2. The van der Waals surface area contributed by atoms with Crippen molar-refractivity contribution >= 4 is 21.9 Å². The topological polar surface area (TPSA) is 68.7 Å². The Balaban J connectivity index is 3.18. The molecule has 9 heteroatoms. The lowest BCUT2D eigenvalue weighted by Gasteiger charge is -2.15. The standard InChI is InChI=1S/C10H9BrF3NO4/c1-18-7(16)2-6-8(17)9(19-10(12,13)14)5(3-11)4-15-6/h4,17H,2-3H2,1H3. The van der Waals surface area contributed by atoms with E-state index < -0.39 is 30.3 Å². The van der Waals surface area contributed by atoms with Gasteiger partial charge in [-0.2, -0.15) is 0 Å². The minimum absolute atomic E-state index is 0.00250. The van der Waals surface area contributed by atoms with Gasteiger partial charge in [-0.3, -0.25) is 9.78 Å². The maximum Gasteiger partial charge on any atom is 0.573 e. The first-order valence-corrected chi connectivity index (χ1v) is 5.99. The molecule has 0 amide bonds. The highest BCUT2D eigenvalue weighted by atomic mass is 79.9. The van der Waals surface area contributed by atoms with E-state index in [2.05, 4.69) is 30.4 Å². The highest BCUT2D eigenvalue weighted by molar-refractivity contribution is 9.08. The number of ether oxygens (including phenoxy) is 2. The van der Waals surface area contributed by atoms with Crippen LogP contribution in [0, 0.1) is 0 Å². The van der Waals surface area contributed by atoms with Gasteiger partial charge < -0.3 is 14.6 Å². The molecular formula is C10H9BrF3NO4. The van der Waals surface area contributed by atoms with Crippen molar-refractivity contribution in [3.63, 3.8) is 0 Å². The summed E-state index contributed by atoms with van der Waals surface area (Å²) in [6.07, 6.45) is -4.34. The van der Waals surface area contributed by atoms with Gasteiger partial charge in [-0.05, 0) is 0 Å². The van der Waals surface area contributed by atoms with Gasteiger partial charge in [0.15, 0.2) is 11.5 Å². The van der Waals surface area contributed by atoms with Gasteiger partial charge in [-0.25, -0.2) is 0 Å². The molecule has 5 nitrogen and oxygen atoms in total. The minimum Gasteiger partial charge on any atom is -0.503 e. The van der Waals surface area contributed by atoms with Crippen molar-refractivity contribution in [3.05, 3.63) is 17.5 Å². The van der Waals surface area contributed by atoms with Crippen LogP contribution in [0.3, 0.4) is 0 Å². The third-order valence-corrected chi connectivity index (χ3v) is 2.66. The molecule has 0 saturated carbocycles. The number of pyridine rings is 1. The zero-order valence-electron chi connectivity index (χ0n) is 9.62. The molecule has 1 aromatic rings. The van der Waals surface area contributed by atoms with Crippen LogP contribution in [0.1, 0.15) is 11.3 Å². The SMILES string of the molecule is COC(=O)Cc1ncc(CBr)c(OC(F)(F)F)c1O. The molecule has 0 bridgehead atoms. The molecule has 0 radical (unpaired) electrons. The van der Waals surface area contributed by atoms with E-state index in [1.807, 2.05) is 0 Å². The fraction of sp³-hybridized carbons (Fsp3) is 0.400. The van der Waals surface area contributed by atoms with E-state index >= 15 is 0 Å². The normalized spacial score (nSPS) is 11.2. The predicted molar refractivity (Wildman–Crippen MR) is 60.9 cm³/mol. The average molecular weight is 344 g/mol. The molecule has 0 saturated heterocycles. The summed E-state index contributed by atoms with van der Waals surface area (Å²) in [5.41, 5.74) is -0.251. The summed E-state index contributed by atoms with van der Waals surface area (Å²) in [6.45, 7) is 0. The maximum absolute atomic E-state index is 12.2. The van der Waals surface area contributed by atoms with Crippen LogP contribution < -0.4 is 4.74 Å². The molecule has 1 N–H and O–H groups in total. The minimum atomic E-state index is -4.96. The van der Waals surface area contributed by atoms with Gasteiger partial charge in [-0.1, -0.05) is 15.9 Å². The first kappa shape index (κ1) is 15.5. The van der Waals surface area contributed by atoms with E-state index in [9.17, 15) is 23.1 Å². The zero-order chi connectivity index (χ0) is 14.6. The number of carbonyl (C=O) groups is 1. The molecule has 1 rings (SSSR count). The third kappa shape index (κ3) is 4.27. The number of methoxy groups -OCH3 is 1. The second-order valence-corrected chi connectivity index (χ2v) is 3.90. The number of halogens is 4. The highest BCUT2D eigenvalue weighted by Crippen LogP contribution is 2.37. The Morgan fingerprint density at radius 3 is 2.63 bits per heavy atom. The van der Waals surface area contributed by atoms with Gasteiger partial charge in [0.1, 0.15) is 0 Å². The van der Waals surface area contributed by atoms with Gasteiger partial charge >= 0.3 is 12.3 Å². The quantitative estimate of drug-likeness (QED) is 0.671. The number of hydrogen-bond acceptors (Lipinski definition) is 5. The van der Waals surface area contributed by atoms with Crippen molar-refractivity contribution in [3.8, 4) is 11.5 Å². The van der Waals surface area contributed by atoms with E-state index in [-0.39, 0.29) is 16.6 Å². The summed E-state index contributed by atoms with van der Waals surface area (Å²) in [5.74, 6) is -2.36. The van der Waals surface area contributed by atoms with Crippen LogP contribution in [-0.4, -0.2) is 29.5 Å². The molecule has 0 aliphatic rings. The first-order chi connectivity index (χ1) is 8.78. The van der Waals surface area contributed by atoms with E-state index in [0.29, 0.717) is 0 Å². The third-order valence-electron chi connectivity index (χ3n) is 2.06. The van der Waals surface area contributed by atoms with E-state index in [0.717, 1.165) is 13.3 Å². The van der Waals surface area contributed by atoms with E-state index in [4.69, 9.17) is 0 Å². The van der Waals surface area contributed by atoms with E-state index in [1.165, 1.54) is 0 Å². The lowest BCUT2D eigenvalue weighted by molar-refractivity contribution is -0.275. The van der Waals surface area contributed by atoms with Gasteiger partial charge in [-0.15, -0.1) is 13.2 Å². The van der Waals surface area contributed by atoms with Crippen LogP contribution in [0.4, 0.5) is 13.2 Å². The summed E-state index contributed by atoms with van der Waals surface area (Å²) < 4.78 is 44.8. The van der Waals surface area contributed by atoms with Crippen molar-refractivity contribution in [2.75, 3.05) is 7.11 Å². The fourth-order valence-corrected chi connectivity index (χ4v) is 1.62. The van der Waals surface area contributed by atoms with Gasteiger partial charge in [0.05, 0.1) is 19.2 Å². The predicted octanol–water partition coefficient (Wildman–Crippen LogP) is 2.30. The number of hydrogen-bond donors (Lipinski definition) is 1. The molecule has 0 aromatic carbocycles. The molecule has 106 valence electrons. The number of nitrogens with zero attached hydrogens (tertiary/aromatic N) is 1. The van der Waals surface area contributed by atoms with Crippen LogP contribution in [0.25, 0.3) is 0 Å². The van der Waals surface area contributed by atoms with Gasteiger partial charge in [0.25, 0.3) is 0 Å². The second-order valence-electron chi connectivity index (χ2n) is 3.34. The van der Waals surface area contributed by atoms with Crippen molar-refractivity contribution < 1.29 is 32.5 Å². The van der Waals surface area contributed by atoms with Crippen LogP contribution in [0.2, 0.25) is 0 Å². The Bertz CT molecular complexity index is 479. The van der Waals surface area contributed by atoms with Crippen molar-refractivity contribution in [2.24, 2.45) is 0 Å². The summed E-state index contributed by atoms with van der Waals surface area (Å²) in [6, 6.07) is 0. The van der Waals surface area contributed by atoms with Crippen molar-refractivity contribution in [2.45, 2.75) is 18.1 Å². The summed E-state index contributed by atoms with van der Waals surface area (Å²) in [5, 5.41) is 9.69. The number of carbonyl (C=O) groups excluding carboxylic acids is 1. The molecular weight excluding hydrogens is 335 g/mol. The molecule has 1 heterocycles. The molecule has 0 aliphatic carbocycles. The van der Waals surface area contributed by atoms with Crippen molar-refractivity contribution in [1.82, 2.24) is 4.98 Å². The molecule has 0 atom stereocenters. The molecule has 0 aliphatic heterocycles. The smallest absolute Gasteiger partial charge is 0.503 e. The summed E-state index contributed by atoms with van der Waals surface area (Å²) >= 11 is 2.95. The lowest BCUT2D eigenvalue weighted by atomic mass is 10.2. The van der Waals surface area contributed by atoms with Crippen LogP contribution in [-0.2, 0) is 21.3 Å². The first-order valence-electron chi connectivity index (χ1n) is 4.86. The Kier molecular flexibility index (Phi) is 4.98. The molecule has 0 fully saturated rings. The van der Waals surface area contributed by atoms with Gasteiger partial charge in [0.2, 0.25) is 0 Å². The summed E-state index contributed by atoms with van der Waals surface area (Å²) in [4.78, 5) is 14.7. The second kappa shape index (κ2) is 6.09. The van der Waals surface area contributed by atoms with E-state index in [1.54, 1.807) is 0 Å². The Hall–Kier alpha value is -1.51. The van der Waals surface area contributed by atoms with Crippen LogP contribution in [0.15, 0.2) is 6.20 Å².